The molecule has 6 nitrogen and oxygen atoms in total. The van der Waals surface area contributed by atoms with Crippen LogP contribution in [0.2, 0.25) is 0 Å². The summed E-state index contributed by atoms with van der Waals surface area (Å²) >= 11 is 3.30. The topological polar surface area (TPSA) is 94.3 Å². The largest absolute Gasteiger partial charge is 0.496 e. The van der Waals surface area contributed by atoms with E-state index < -0.39 is 10.0 Å². The predicted octanol–water partition coefficient (Wildman–Crippen LogP) is 2.11. The second kappa shape index (κ2) is 6.42. The zero-order chi connectivity index (χ0) is 15.5. The monoisotopic (exact) mass is 371 g/mol. The van der Waals surface area contributed by atoms with Gasteiger partial charge in [0.25, 0.3) is 10.0 Å². The lowest BCUT2D eigenvalue weighted by atomic mass is 10.3. The van der Waals surface area contributed by atoms with Crippen molar-refractivity contribution in [2.75, 3.05) is 11.8 Å². The van der Waals surface area contributed by atoms with Gasteiger partial charge in [0.05, 0.1) is 17.3 Å². The molecule has 0 amide bonds. The van der Waals surface area contributed by atoms with Crippen LogP contribution in [0.1, 0.15) is 5.56 Å². The SMILES string of the molecule is COc1ccc(NS(=O)(=O)c2ccc(CN)cn2)cc1Br. The van der Waals surface area contributed by atoms with Crippen molar-refractivity contribution in [3.63, 3.8) is 0 Å². The number of aromatic nitrogens is 1. The molecule has 0 bridgehead atoms. The molecule has 0 spiro atoms. The molecule has 0 unspecified atom stereocenters. The highest BCUT2D eigenvalue weighted by Crippen LogP contribution is 2.28. The summed E-state index contributed by atoms with van der Waals surface area (Å²) < 4.78 is 32.6. The van der Waals surface area contributed by atoms with Crippen LogP contribution < -0.4 is 15.2 Å². The zero-order valence-corrected chi connectivity index (χ0v) is 13.6. The Hall–Kier alpha value is -1.64. The summed E-state index contributed by atoms with van der Waals surface area (Å²) in [6, 6.07) is 7.93. The van der Waals surface area contributed by atoms with Gasteiger partial charge in [-0.1, -0.05) is 6.07 Å². The van der Waals surface area contributed by atoms with Crippen LogP contribution >= 0.6 is 15.9 Å². The maximum absolute atomic E-state index is 12.2. The fourth-order valence-electron chi connectivity index (χ4n) is 1.63. The highest BCUT2D eigenvalue weighted by Gasteiger charge is 2.16. The third kappa shape index (κ3) is 3.72. The van der Waals surface area contributed by atoms with Gasteiger partial charge in [-0.25, -0.2) is 4.98 Å². The van der Waals surface area contributed by atoms with Crippen LogP contribution in [-0.2, 0) is 16.6 Å². The Morgan fingerprint density at radius 2 is 2.10 bits per heavy atom. The minimum Gasteiger partial charge on any atom is -0.496 e. The fourth-order valence-corrected chi connectivity index (χ4v) is 3.15. The van der Waals surface area contributed by atoms with E-state index in [1.807, 2.05) is 0 Å². The van der Waals surface area contributed by atoms with E-state index in [2.05, 4.69) is 25.6 Å². The lowest BCUT2D eigenvalue weighted by Gasteiger charge is -2.09. The number of nitrogens with one attached hydrogen (secondary N) is 1. The standard InChI is InChI=1S/C13H14BrN3O3S/c1-20-12-4-3-10(6-11(12)14)17-21(18,19)13-5-2-9(7-15)8-16-13/h2-6,8,17H,7,15H2,1H3. The number of sulfonamides is 1. The summed E-state index contributed by atoms with van der Waals surface area (Å²) in [5, 5.41) is -0.0633. The molecule has 112 valence electrons. The van der Waals surface area contributed by atoms with Crippen molar-refractivity contribution in [3.05, 3.63) is 46.6 Å². The molecule has 0 saturated heterocycles. The second-order valence-corrected chi connectivity index (χ2v) is 6.65. The number of rotatable bonds is 5. The molecule has 0 radical (unpaired) electrons. The van der Waals surface area contributed by atoms with Gasteiger partial charge in [0.15, 0.2) is 5.03 Å². The van der Waals surface area contributed by atoms with E-state index in [-0.39, 0.29) is 5.03 Å². The van der Waals surface area contributed by atoms with E-state index in [0.717, 1.165) is 5.56 Å². The number of hydrogen-bond acceptors (Lipinski definition) is 5. The molecule has 8 heteroatoms. The van der Waals surface area contributed by atoms with Gasteiger partial charge in [0.2, 0.25) is 0 Å². The Kier molecular flexibility index (Phi) is 4.81. The van der Waals surface area contributed by atoms with Crippen molar-refractivity contribution in [1.82, 2.24) is 4.98 Å². The summed E-state index contributed by atoms with van der Waals surface area (Å²) in [6.07, 6.45) is 1.44. The van der Waals surface area contributed by atoms with Crippen LogP contribution in [0, 0.1) is 0 Å². The Labute approximate surface area is 131 Å². The molecule has 2 aromatic rings. The van der Waals surface area contributed by atoms with E-state index >= 15 is 0 Å². The van der Waals surface area contributed by atoms with E-state index in [9.17, 15) is 8.42 Å². The number of hydrogen-bond donors (Lipinski definition) is 2. The lowest BCUT2D eigenvalue weighted by Crippen LogP contribution is -2.14. The average Bonchev–Trinajstić information content (AvgIpc) is 2.47. The quantitative estimate of drug-likeness (QED) is 0.839. The molecule has 1 aromatic heterocycles. The lowest BCUT2D eigenvalue weighted by molar-refractivity contribution is 0.412. The Morgan fingerprint density at radius 1 is 1.33 bits per heavy atom. The number of anilines is 1. The first kappa shape index (κ1) is 15.7. The first-order valence-corrected chi connectivity index (χ1v) is 8.25. The van der Waals surface area contributed by atoms with Crippen molar-refractivity contribution in [2.45, 2.75) is 11.6 Å². The maximum atomic E-state index is 12.2. The number of methoxy groups -OCH3 is 1. The molecule has 1 heterocycles. The molecular formula is C13H14BrN3O3S. The van der Waals surface area contributed by atoms with Crippen LogP contribution in [0.4, 0.5) is 5.69 Å². The summed E-state index contributed by atoms with van der Waals surface area (Å²) in [5.74, 6) is 0.614. The van der Waals surface area contributed by atoms with Gasteiger partial charge >= 0.3 is 0 Å². The normalized spacial score (nSPS) is 11.2. The highest BCUT2D eigenvalue weighted by molar-refractivity contribution is 9.10. The molecule has 0 fully saturated rings. The molecule has 3 N–H and O–H groups in total. The molecule has 0 aliphatic carbocycles. The van der Waals surface area contributed by atoms with Crippen molar-refractivity contribution in [1.29, 1.82) is 0 Å². The van der Waals surface area contributed by atoms with E-state index in [1.165, 1.54) is 19.4 Å². The summed E-state index contributed by atoms with van der Waals surface area (Å²) in [4.78, 5) is 3.91. The van der Waals surface area contributed by atoms with Gasteiger partial charge in [-0.2, -0.15) is 8.42 Å². The minimum absolute atomic E-state index is 0.0633. The number of benzene rings is 1. The molecule has 0 aliphatic rings. The van der Waals surface area contributed by atoms with Crippen LogP contribution in [0.15, 0.2) is 46.0 Å². The maximum Gasteiger partial charge on any atom is 0.279 e. The minimum atomic E-state index is -3.74. The van der Waals surface area contributed by atoms with E-state index in [4.69, 9.17) is 10.5 Å². The first-order chi connectivity index (χ1) is 9.96. The van der Waals surface area contributed by atoms with E-state index in [1.54, 1.807) is 24.3 Å². The van der Waals surface area contributed by atoms with Crippen molar-refractivity contribution in [3.8, 4) is 5.75 Å². The smallest absolute Gasteiger partial charge is 0.279 e. The van der Waals surface area contributed by atoms with Crippen LogP contribution in [0.3, 0.4) is 0 Å². The summed E-state index contributed by atoms with van der Waals surface area (Å²) in [6.45, 7) is 0.312. The number of nitrogens with two attached hydrogens (primary N) is 1. The fraction of sp³-hybridized carbons (Fsp3) is 0.154. The van der Waals surface area contributed by atoms with Gasteiger partial charge < -0.3 is 10.5 Å². The molecule has 0 saturated carbocycles. The second-order valence-electron chi connectivity index (χ2n) is 4.16. The van der Waals surface area contributed by atoms with Gasteiger partial charge in [0, 0.05) is 12.7 Å². The predicted molar refractivity (Wildman–Crippen MR) is 83.6 cm³/mol. The molecular weight excluding hydrogens is 358 g/mol. The molecule has 1 aromatic carbocycles. The average molecular weight is 372 g/mol. The number of halogens is 1. The first-order valence-electron chi connectivity index (χ1n) is 5.97. The number of pyridine rings is 1. The zero-order valence-electron chi connectivity index (χ0n) is 11.2. The summed E-state index contributed by atoms with van der Waals surface area (Å²) in [5.41, 5.74) is 6.63. The van der Waals surface area contributed by atoms with Crippen LogP contribution in [0.25, 0.3) is 0 Å². The highest BCUT2D eigenvalue weighted by atomic mass is 79.9. The van der Waals surface area contributed by atoms with Gasteiger partial charge in [-0.3, -0.25) is 4.72 Å². The molecule has 2 rings (SSSR count). The Balaban J connectivity index is 2.26. The number of nitrogens with zero attached hydrogens (tertiary/aromatic N) is 1. The van der Waals surface area contributed by atoms with Crippen molar-refractivity contribution >= 4 is 31.6 Å². The third-order valence-electron chi connectivity index (χ3n) is 2.71. The molecule has 0 aliphatic heterocycles. The molecule has 0 atom stereocenters. The van der Waals surface area contributed by atoms with Crippen LogP contribution in [0.5, 0.6) is 5.75 Å². The van der Waals surface area contributed by atoms with Gasteiger partial charge in [0.1, 0.15) is 5.75 Å². The third-order valence-corrected chi connectivity index (χ3v) is 4.63. The van der Waals surface area contributed by atoms with E-state index in [0.29, 0.717) is 22.5 Å². The summed E-state index contributed by atoms with van der Waals surface area (Å²) in [7, 11) is -2.20. The van der Waals surface area contributed by atoms with Crippen molar-refractivity contribution < 1.29 is 13.2 Å². The Bertz CT molecular complexity index is 733. The van der Waals surface area contributed by atoms with Gasteiger partial charge in [-0.05, 0) is 45.8 Å². The van der Waals surface area contributed by atoms with Crippen LogP contribution in [-0.4, -0.2) is 20.5 Å². The van der Waals surface area contributed by atoms with Crippen molar-refractivity contribution in [2.24, 2.45) is 5.73 Å². The molecule has 21 heavy (non-hydrogen) atoms. The van der Waals surface area contributed by atoms with Gasteiger partial charge in [-0.15, -0.1) is 0 Å². The Morgan fingerprint density at radius 3 is 2.62 bits per heavy atom. The number of ether oxygens (including phenoxy) is 1.